The Labute approximate surface area is 140 Å². The first-order valence-electron chi connectivity index (χ1n) is 7.76. The predicted octanol–water partition coefficient (Wildman–Crippen LogP) is 1.96. The summed E-state index contributed by atoms with van der Waals surface area (Å²) in [5, 5.41) is 13.6. The molecule has 1 aromatic rings. The highest BCUT2D eigenvalue weighted by atomic mass is 16.6. The van der Waals surface area contributed by atoms with E-state index in [2.05, 4.69) is 5.32 Å². The minimum Gasteiger partial charge on any atom is -0.466 e. The van der Waals surface area contributed by atoms with Gasteiger partial charge in [-0.1, -0.05) is 12.1 Å². The zero-order chi connectivity index (χ0) is 17.9. The maximum absolute atomic E-state index is 12.0. The van der Waals surface area contributed by atoms with Crippen molar-refractivity contribution in [2.75, 3.05) is 13.2 Å². The van der Waals surface area contributed by atoms with E-state index in [1.807, 2.05) is 0 Å². The van der Waals surface area contributed by atoms with Crippen molar-refractivity contribution in [3.05, 3.63) is 39.9 Å². The van der Waals surface area contributed by atoms with Crippen molar-refractivity contribution in [2.24, 2.45) is 0 Å². The monoisotopic (exact) mass is 338 g/mol. The maximum atomic E-state index is 12.0. The van der Waals surface area contributed by atoms with Crippen molar-refractivity contribution < 1.29 is 24.0 Å². The minimum atomic E-state index is -0.649. The Morgan fingerprint density at radius 2 is 1.79 bits per heavy atom. The van der Waals surface area contributed by atoms with E-state index in [0.717, 1.165) is 5.56 Å². The molecule has 0 aliphatic rings. The summed E-state index contributed by atoms with van der Waals surface area (Å²) >= 11 is 0. The van der Waals surface area contributed by atoms with Gasteiger partial charge in [0.15, 0.2) is 0 Å². The summed E-state index contributed by atoms with van der Waals surface area (Å²) in [7, 11) is 0. The number of nitrogens with zero attached hydrogens (tertiary/aromatic N) is 1. The van der Waals surface area contributed by atoms with Crippen LogP contribution in [-0.4, -0.2) is 36.1 Å². The number of rotatable bonds is 10. The Balaban J connectivity index is 2.61. The topological polar surface area (TPSA) is 108 Å². The molecule has 0 aliphatic heterocycles. The largest absolute Gasteiger partial charge is 0.466 e. The van der Waals surface area contributed by atoms with Gasteiger partial charge in [0.1, 0.15) is 6.04 Å². The molecule has 0 heterocycles. The lowest BCUT2D eigenvalue weighted by atomic mass is 10.1. The second-order valence-electron chi connectivity index (χ2n) is 4.95. The predicted molar refractivity (Wildman–Crippen MR) is 86.2 cm³/mol. The van der Waals surface area contributed by atoms with Gasteiger partial charge in [-0.05, 0) is 25.8 Å². The molecule has 0 unspecified atom stereocenters. The standard InChI is InChI=1S/C16H22N2O6/c1-3-23-15(19)10-9-14(16(20)24-4-2)17-11-12-5-7-13(8-6-12)18(21)22/h5-8,14,17H,3-4,9-11H2,1-2H3/t14-/m0/s1. The highest BCUT2D eigenvalue weighted by molar-refractivity contribution is 5.77. The fourth-order valence-corrected chi connectivity index (χ4v) is 2.02. The van der Waals surface area contributed by atoms with Crippen molar-refractivity contribution >= 4 is 17.6 Å². The smallest absolute Gasteiger partial charge is 0.323 e. The molecule has 0 saturated carbocycles. The van der Waals surface area contributed by atoms with Crippen LogP contribution in [0, 0.1) is 10.1 Å². The van der Waals surface area contributed by atoms with Gasteiger partial charge < -0.3 is 14.8 Å². The van der Waals surface area contributed by atoms with Crippen LogP contribution in [0.4, 0.5) is 5.69 Å². The zero-order valence-corrected chi connectivity index (χ0v) is 13.8. The number of ether oxygens (including phenoxy) is 2. The SMILES string of the molecule is CCOC(=O)CC[C@H](NCc1ccc([N+](=O)[O-])cc1)C(=O)OCC. The summed E-state index contributed by atoms with van der Waals surface area (Å²) in [6.45, 7) is 4.28. The van der Waals surface area contributed by atoms with Gasteiger partial charge in [0.05, 0.1) is 18.1 Å². The molecule has 1 rings (SSSR count). The number of carbonyl (C=O) groups excluding carboxylic acids is 2. The summed E-state index contributed by atoms with van der Waals surface area (Å²) < 4.78 is 9.84. The van der Waals surface area contributed by atoms with E-state index in [-0.39, 0.29) is 31.1 Å². The number of esters is 2. The molecule has 24 heavy (non-hydrogen) atoms. The van der Waals surface area contributed by atoms with Gasteiger partial charge in [0.25, 0.3) is 5.69 Å². The lowest BCUT2D eigenvalue weighted by Crippen LogP contribution is -2.38. The average Bonchev–Trinajstić information content (AvgIpc) is 2.55. The number of nitrogens with one attached hydrogen (secondary N) is 1. The van der Waals surface area contributed by atoms with Gasteiger partial charge >= 0.3 is 11.9 Å². The van der Waals surface area contributed by atoms with Crippen LogP contribution >= 0.6 is 0 Å². The molecule has 0 aromatic heterocycles. The molecule has 1 aromatic carbocycles. The lowest BCUT2D eigenvalue weighted by Gasteiger charge is -2.17. The summed E-state index contributed by atoms with van der Waals surface area (Å²) in [5.74, 6) is -0.812. The van der Waals surface area contributed by atoms with E-state index in [1.54, 1.807) is 26.0 Å². The van der Waals surface area contributed by atoms with E-state index in [4.69, 9.17) is 9.47 Å². The van der Waals surface area contributed by atoms with E-state index in [9.17, 15) is 19.7 Å². The number of benzene rings is 1. The molecule has 8 nitrogen and oxygen atoms in total. The van der Waals surface area contributed by atoms with Crippen LogP contribution in [-0.2, 0) is 25.6 Å². The van der Waals surface area contributed by atoms with Gasteiger partial charge in [-0.2, -0.15) is 0 Å². The van der Waals surface area contributed by atoms with Crippen LogP contribution in [0.3, 0.4) is 0 Å². The molecular formula is C16H22N2O6. The third-order valence-corrected chi connectivity index (χ3v) is 3.21. The number of hydrogen-bond acceptors (Lipinski definition) is 7. The lowest BCUT2D eigenvalue weighted by molar-refractivity contribution is -0.384. The van der Waals surface area contributed by atoms with E-state index < -0.39 is 16.9 Å². The second-order valence-corrected chi connectivity index (χ2v) is 4.95. The van der Waals surface area contributed by atoms with Crippen LogP contribution in [0.25, 0.3) is 0 Å². The van der Waals surface area contributed by atoms with Gasteiger partial charge in [-0.25, -0.2) is 0 Å². The molecule has 0 radical (unpaired) electrons. The number of carbonyl (C=O) groups is 2. The van der Waals surface area contributed by atoms with E-state index in [1.165, 1.54) is 12.1 Å². The Hall–Kier alpha value is -2.48. The average molecular weight is 338 g/mol. The molecular weight excluding hydrogens is 316 g/mol. The van der Waals surface area contributed by atoms with Crippen molar-refractivity contribution in [3.8, 4) is 0 Å². The Morgan fingerprint density at radius 3 is 2.33 bits per heavy atom. The van der Waals surface area contributed by atoms with Gasteiger partial charge in [-0.15, -0.1) is 0 Å². The molecule has 0 amide bonds. The van der Waals surface area contributed by atoms with Crippen LogP contribution in [0.5, 0.6) is 0 Å². The summed E-state index contributed by atoms with van der Waals surface area (Å²) in [6, 6.07) is 5.37. The summed E-state index contributed by atoms with van der Waals surface area (Å²) in [6.07, 6.45) is 0.356. The first kappa shape index (κ1) is 19.6. The van der Waals surface area contributed by atoms with Crippen molar-refractivity contribution in [3.63, 3.8) is 0 Å². The second kappa shape index (κ2) is 10.3. The quantitative estimate of drug-likeness (QED) is 0.394. The summed E-state index contributed by atoms with van der Waals surface area (Å²) in [5.41, 5.74) is 0.786. The zero-order valence-electron chi connectivity index (χ0n) is 13.8. The van der Waals surface area contributed by atoms with Crippen LogP contribution < -0.4 is 5.32 Å². The van der Waals surface area contributed by atoms with Gasteiger partial charge in [-0.3, -0.25) is 19.7 Å². The molecule has 0 spiro atoms. The fourth-order valence-electron chi connectivity index (χ4n) is 2.02. The van der Waals surface area contributed by atoms with Gasteiger partial charge in [0, 0.05) is 25.1 Å². The highest BCUT2D eigenvalue weighted by Crippen LogP contribution is 2.12. The normalized spacial score (nSPS) is 11.6. The number of hydrogen-bond donors (Lipinski definition) is 1. The maximum Gasteiger partial charge on any atom is 0.323 e. The highest BCUT2D eigenvalue weighted by Gasteiger charge is 2.20. The third kappa shape index (κ3) is 6.74. The van der Waals surface area contributed by atoms with Crippen molar-refractivity contribution in [1.82, 2.24) is 5.32 Å². The third-order valence-electron chi connectivity index (χ3n) is 3.21. The van der Waals surface area contributed by atoms with Crippen LogP contribution in [0.2, 0.25) is 0 Å². The molecule has 8 heteroatoms. The molecule has 0 saturated heterocycles. The van der Waals surface area contributed by atoms with Crippen LogP contribution in [0.1, 0.15) is 32.3 Å². The van der Waals surface area contributed by atoms with E-state index >= 15 is 0 Å². The van der Waals surface area contributed by atoms with Crippen molar-refractivity contribution in [2.45, 2.75) is 39.3 Å². The molecule has 1 N–H and O–H groups in total. The molecule has 0 aliphatic carbocycles. The fraction of sp³-hybridized carbons (Fsp3) is 0.500. The van der Waals surface area contributed by atoms with E-state index in [0.29, 0.717) is 13.2 Å². The molecule has 132 valence electrons. The number of nitro benzene ring substituents is 1. The first-order chi connectivity index (χ1) is 11.5. The first-order valence-corrected chi connectivity index (χ1v) is 7.76. The molecule has 1 atom stereocenters. The number of nitro groups is 1. The van der Waals surface area contributed by atoms with Gasteiger partial charge in [0.2, 0.25) is 0 Å². The Kier molecular flexibility index (Phi) is 8.42. The Morgan fingerprint density at radius 1 is 1.17 bits per heavy atom. The molecule has 0 bridgehead atoms. The minimum absolute atomic E-state index is 0.00278. The summed E-state index contributed by atoms with van der Waals surface area (Å²) in [4.78, 5) is 33.5. The van der Waals surface area contributed by atoms with Crippen LogP contribution in [0.15, 0.2) is 24.3 Å². The Bertz CT molecular complexity index is 558. The molecule has 0 fully saturated rings. The van der Waals surface area contributed by atoms with Crippen molar-refractivity contribution in [1.29, 1.82) is 0 Å². The number of non-ortho nitro benzene ring substituents is 1.